The molecule has 19 heavy (non-hydrogen) atoms. The third-order valence-corrected chi connectivity index (χ3v) is 3.64. The molecule has 1 aromatic carbocycles. The highest BCUT2D eigenvalue weighted by Gasteiger charge is 2.13. The molecule has 0 bridgehead atoms. The molecule has 1 aliphatic heterocycles. The Kier molecular flexibility index (Phi) is 5.10. The van der Waals surface area contributed by atoms with Crippen LogP contribution < -0.4 is 10.1 Å². The molecule has 100 valence electrons. The van der Waals surface area contributed by atoms with Gasteiger partial charge in [0.25, 0.3) is 0 Å². The van der Waals surface area contributed by atoms with Gasteiger partial charge in [0.2, 0.25) is 0 Å². The van der Waals surface area contributed by atoms with Gasteiger partial charge in [-0.3, -0.25) is 4.99 Å². The van der Waals surface area contributed by atoms with Crippen molar-refractivity contribution in [1.82, 2.24) is 5.32 Å². The quantitative estimate of drug-likeness (QED) is 0.864. The number of allylic oxidation sites excluding steroid dienone is 1. The third-order valence-electron chi connectivity index (χ3n) is 2.80. The van der Waals surface area contributed by atoms with Crippen LogP contribution in [0.2, 0.25) is 0 Å². The van der Waals surface area contributed by atoms with Gasteiger partial charge in [0.1, 0.15) is 12.4 Å². The number of para-hydroxylation sites is 1. The Morgan fingerprint density at radius 2 is 2.42 bits per heavy atom. The van der Waals surface area contributed by atoms with Crippen molar-refractivity contribution in [2.45, 2.75) is 13.0 Å². The van der Waals surface area contributed by atoms with Gasteiger partial charge in [-0.2, -0.15) is 0 Å². The highest BCUT2D eigenvalue weighted by molar-refractivity contribution is 8.12. The molecule has 1 heterocycles. The summed E-state index contributed by atoms with van der Waals surface area (Å²) >= 11 is 1.73. The first-order valence-electron chi connectivity index (χ1n) is 6.20. The third kappa shape index (κ3) is 3.89. The number of hydrogen-bond acceptors (Lipinski definition) is 4. The van der Waals surface area contributed by atoms with E-state index in [0.717, 1.165) is 22.6 Å². The van der Waals surface area contributed by atoms with E-state index < -0.39 is 0 Å². The molecule has 0 amide bonds. The first kappa shape index (κ1) is 13.7. The summed E-state index contributed by atoms with van der Waals surface area (Å²) in [6.07, 6.45) is 3.57. The second kappa shape index (κ2) is 7.04. The van der Waals surface area contributed by atoms with E-state index in [2.05, 4.69) is 23.0 Å². The highest BCUT2D eigenvalue weighted by atomic mass is 32.2. The molecule has 0 fully saturated rings. The minimum Gasteiger partial charge on any atom is -0.491 e. The number of nitrogens with zero attached hydrogens (tertiary/aromatic N) is 1. The molecule has 2 rings (SSSR count). The molecule has 4 heteroatoms. The van der Waals surface area contributed by atoms with Crippen molar-refractivity contribution in [3.05, 3.63) is 48.8 Å². The van der Waals surface area contributed by atoms with Gasteiger partial charge < -0.3 is 10.1 Å². The van der Waals surface area contributed by atoms with Gasteiger partial charge in [-0.1, -0.05) is 24.8 Å². The zero-order chi connectivity index (χ0) is 13.5. The number of hydrogen-bond donors (Lipinski definition) is 1. The monoisotopic (exact) mass is 274 g/mol. The van der Waals surface area contributed by atoms with E-state index in [4.69, 9.17) is 4.74 Å². The summed E-state index contributed by atoms with van der Waals surface area (Å²) in [5.41, 5.74) is 4.10. The first-order valence-corrected chi connectivity index (χ1v) is 7.25. The molecule has 3 nitrogen and oxygen atoms in total. The van der Waals surface area contributed by atoms with Crippen LogP contribution in [0, 0.1) is 0 Å². The fourth-order valence-electron chi connectivity index (χ4n) is 1.78. The van der Waals surface area contributed by atoms with E-state index in [9.17, 15) is 0 Å². The molecular weight excluding hydrogens is 256 g/mol. The Morgan fingerprint density at radius 3 is 3.16 bits per heavy atom. The summed E-state index contributed by atoms with van der Waals surface area (Å²) in [5, 5.41) is 2.99. The number of rotatable bonds is 6. The predicted octanol–water partition coefficient (Wildman–Crippen LogP) is 3.30. The second-order valence-corrected chi connectivity index (χ2v) is 5.12. The fraction of sp³-hybridized carbons (Fsp3) is 0.267. The van der Waals surface area contributed by atoms with E-state index in [1.807, 2.05) is 36.9 Å². The maximum absolute atomic E-state index is 5.90. The minimum absolute atomic E-state index is 0.272. The van der Waals surface area contributed by atoms with Crippen LogP contribution in [0.4, 0.5) is 0 Å². The highest BCUT2D eigenvalue weighted by Crippen LogP contribution is 2.26. The van der Waals surface area contributed by atoms with Gasteiger partial charge in [-0.15, -0.1) is 11.8 Å². The maximum Gasteiger partial charge on any atom is 0.126 e. The average Bonchev–Trinajstić information content (AvgIpc) is 2.96. The van der Waals surface area contributed by atoms with Crippen LogP contribution in [-0.4, -0.2) is 23.9 Å². The van der Waals surface area contributed by atoms with Gasteiger partial charge in [0, 0.05) is 17.5 Å². The topological polar surface area (TPSA) is 33.6 Å². The lowest BCUT2D eigenvalue weighted by molar-refractivity contribution is 0.299. The molecule has 1 aliphatic rings. The van der Waals surface area contributed by atoms with Crippen LogP contribution in [-0.2, 0) is 0 Å². The number of benzene rings is 1. The Morgan fingerprint density at radius 1 is 1.58 bits per heavy atom. The van der Waals surface area contributed by atoms with Crippen molar-refractivity contribution in [2.24, 2.45) is 4.99 Å². The minimum atomic E-state index is 0.272. The molecule has 0 spiro atoms. The van der Waals surface area contributed by atoms with Crippen molar-refractivity contribution in [1.29, 1.82) is 0 Å². The Labute approximate surface area is 118 Å². The summed E-state index contributed by atoms with van der Waals surface area (Å²) in [5.74, 6) is 1.91. The molecule has 1 N–H and O–H groups in total. The van der Waals surface area contributed by atoms with Crippen molar-refractivity contribution >= 4 is 22.9 Å². The second-order valence-electron chi connectivity index (χ2n) is 4.25. The molecule has 0 saturated carbocycles. The SMILES string of the molecule is C=CN/C=C(\C)c1ccccc1OCC1CSC=N1. The van der Waals surface area contributed by atoms with Gasteiger partial charge in [0.05, 0.1) is 11.6 Å². The summed E-state index contributed by atoms with van der Waals surface area (Å²) in [6, 6.07) is 8.32. The maximum atomic E-state index is 5.90. The Bertz CT molecular complexity index is 497. The Hall–Kier alpha value is -1.68. The van der Waals surface area contributed by atoms with Crippen LogP contribution >= 0.6 is 11.8 Å². The lowest BCUT2D eigenvalue weighted by Gasteiger charge is -2.13. The molecule has 0 aliphatic carbocycles. The van der Waals surface area contributed by atoms with E-state index in [0.29, 0.717) is 6.61 Å². The van der Waals surface area contributed by atoms with Gasteiger partial charge in [0.15, 0.2) is 0 Å². The number of nitrogens with one attached hydrogen (secondary N) is 1. The zero-order valence-electron chi connectivity index (χ0n) is 11.0. The van der Waals surface area contributed by atoms with Crippen molar-refractivity contribution < 1.29 is 4.74 Å². The molecule has 1 aromatic rings. The average molecular weight is 274 g/mol. The Balaban J connectivity index is 2.06. The molecule has 1 atom stereocenters. The molecule has 0 saturated heterocycles. The van der Waals surface area contributed by atoms with Crippen molar-refractivity contribution in [3.63, 3.8) is 0 Å². The van der Waals surface area contributed by atoms with E-state index in [1.54, 1.807) is 18.0 Å². The molecule has 0 aromatic heterocycles. The van der Waals surface area contributed by atoms with Crippen LogP contribution in [0.1, 0.15) is 12.5 Å². The van der Waals surface area contributed by atoms with Crippen LogP contribution in [0.5, 0.6) is 5.75 Å². The van der Waals surface area contributed by atoms with Gasteiger partial charge >= 0.3 is 0 Å². The van der Waals surface area contributed by atoms with E-state index in [1.165, 1.54) is 0 Å². The standard InChI is InChI=1S/C15H18N2OS/c1-3-16-8-12(2)14-6-4-5-7-15(14)18-9-13-10-19-11-17-13/h3-8,11,13,16H,1,9-10H2,2H3/b12-8+. The largest absolute Gasteiger partial charge is 0.491 e. The first-order chi connectivity index (χ1) is 9.31. The lowest BCUT2D eigenvalue weighted by Crippen LogP contribution is -2.16. The normalized spacial score (nSPS) is 18.4. The number of aliphatic imine (C=N–C) groups is 1. The van der Waals surface area contributed by atoms with Crippen molar-refractivity contribution in [2.75, 3.05) is 12.4 Å². The van der Waals surface area contributed by atoms with Gasteiger partial charge in [-0.05, 0) is 24.8 Å². The lowest BCUT2D eigenvalue weighted by atomic mass is 10.1. The van der Waals surface area contributed by atoms with Crippen molar-refractivity contribution in [3.8, 4) is 5.75 Å². The van der Waals surface area contributed by atoms with E-state index in [-0.39, 0.29) is 6.04 Å². The smallest absolute Gasteiger partial charge is 0.126 e. The summed E-state index contributed by atoms with van der Waals surface area (Å²) in [4.78, 5) is 4.35. The fourth-order valence-corrected chi connectivity index (χ4v) is 2.53. The van der Waals surface area contributed by atoms with Crippen LogP contribution in [0.15, 0.2) is 48.2 Å². The summed E-state index contributed by atoms with van der Waals surface area (Å²) in [7, 11) is 0. The number of thioether (sulfide) groups is 1. The molecule has 0 radical (unpaired) electrons. The molecular formula is C15H18N2OS. The summed E-state index contributed by atoms with van der Waals surface area (Å²) < 4.78 is 5.90. The molecule has 1 unspecified atom stereocenters. The zero-order valence-corrected chi connectivity index (χ0v) is 11.8. The van der Waals surface area contributed by atoms with Crippen LogP contribution in [0.3, 0.4) is 0 Å². The summed E-state index contributed by atoms with van der Waals surface area (Å²) in [6.45, 7) is 6.30. The predicted molar refractivity (Wildman–Crippen MR) is 83.7 cm³/mol. The van der Waals surface area contributed by atoms with E-state index >= 15 is 0 Å². The van der Waals surface area contributed by atoms with Gasteiger partial charge in [-0.25, -0.2) is 0 Å². The number of ether oxygens (including phenoxy) is 1. The van der Waals surface area contributed by atoms with Crippen LogP contribution in [0.25, 0.3) is 5.57 Å².